The smallest absolute Gasteiger partial charge is 0.328 e. The number of ether oxygens (including phenoxy) is 2. The molecule has 1 aromatic heterocycles. The third-order valence-corrected chi connectivity index (χ3v) is 4.32. The molecule has 0 N–H and O–H groups in total. The molecule has 1 heterocycles. The average Bonchev–Trinajstić information content (AvgIpc) is 2.68. The molecular weight excluding hydrogens is 382 g/mol. The fraction of sp³-hybridized carbons (Fsp3) is 0.333. The Morgan fingerprint density at radius 2 is 1.57 bits per heavy atom. The number of hydrogen-bond acceptors (Lipinski definition) is 6. The van der Waals surface area contributed by atoms with Gasteiger partial charge in [0, 0.05) is 11.2 Å². The highest BCUT2D eigenvalue weighted by molar-refractivity contribution is 6.30. The zero-order valence-electron chi connectivity index (χ0n) is 15.8. The number of carbonyl (C=O) groups is 3. The first kappa shape index (κ1) is 21.6. The number of benzene rings is 1. The molecule has 1 atom stereocenters. The van der Waals surface area contributed by atoms with Crippen molar-refractivity contribution in [2.24, 2.45) is 5.92 Å². The van der Waals surface area contributed by atoms with Crippen LogP contribution in [0.2, 0.25) is 5.02 Å². The molecule has 1 unspecified atom stereocenters. The van der Waals surface area contributed by atoms with Crippen molar-refractivity contribution in [1.82, 2.24) is 4.98 Å². The Hall–Kier alpha value is -2.73. The van der Waals surface area contributed by atoms with E-state index >= 15 is 0 Å². The molecule has 148 valence electrons. The maximum atomic E-state index is 13.3. The van der Waals surface area contributed by atoms with Crippen molar-refractivity contribution >= 4 is 29.3 Å². The molecule has 7 heteroatoms. The number of halogens is 1. The molecule has 1 aromatic carbocycles. The third kappa shape index (κ3) is 5.63. The van der Waals surface area contributed by atoms with Gasteiger partial charge >= 0.3 is 11.9 Å². The molecule has 2 aromatic rings. The van der Waals surface area contributed by atoms with Crippen LogP contribution in [0.3, 0.4) is 0 Å². The van der Waals surface area contributed by atoms with E-state index in [-0.39, 0.29) is 19.6 Å². The Morgan fingerprint density at radius 3 is 2.07 bits per heavy atom. The minimum absolute atomic E-state index is 0.0491. The van der Waals surface area contributed by atoms with Crippen molar-refractivity contribution in [3.8, 4) is 0 Å². The van der Waals surface area contributed by atoms with Gasteiger partial charge < -0.3 is 9.47 Å². The number of rotatable bonds is 9. The number of carbonyl (C=O) groups excluding carboxylic acids is 3. The van der Waals surface area contributed by atoms with Gasteiger partial charge in [-0.3, -0.25) is 19.4 Å². The fourth-order valence-electron chi connectivity index (χ4n) is 2.77. The standard InChI is InChI=1S/C21H22ClNO5/c1-3-27-20(25)18(21(26)28-4-2)19(24)16(17-7-5-6-12-23-17)13-14-8-10-15(22)11-9-14/h5-12,16,18H,3-4,13H2,1-2H3. The predicted molar refractivity (Wildman–Crippen MR) is 104 cm³/mol. The number of hydrogen-bond donors (Lipinski definition) is 0. The molecule has 0 saturated carbocycles. The molecule has 0 bridgehead atoms. The van der Waals surface area contributed by atoms with Crippen molar-refractivity contribution in [2.75, 3.05) is 13.2 Å². The topological polar surface area (TPSA) is 82.6 Å². The number of Topliss-reactive ketones (excluding diaryl/α,β-unsaturated/α-hetero) is 1. The lowest BCUT2D eigenvalue weighted by molar-refractivity contribution is -0.164. The normalized spacial score (nSPS) is 11.7. The van der Waals surface area contributed by atoms with E-state index in [1.165, 1.54) is 0 Å². The van der Waals surface area contributed by atoms with Gasteiger partial charge in [-0.1, -0.05) is 29.8 Å². The number of pyridine rings is 1. The summed E-state index contributed by atoms with van der Waals surface area (Å²) in [6.45, 7) is 3.31. The van der Waals surface area contributed by atoms with Crippen LogP contribution < -0.4 is 0 Å². The highest BCUT2D eigenvalue weighted by atomic mass is 35.5. The molecule has 0 aliphatic rings. The average molecular weight is 404 g/mol. The molecule has 0 fully saturated rings. The highest BCUT2D eigenvalue weighted by Crippen LogP contribution is 2.26. The summed E-state index contributed by atoms with van der Waals surface area (Å²) in [4.78, 5) is 42.2. The first-order chi connectivity index (χ1) is 13.5. The van der Waals surface area contributed by atoms with E-state index < -0.39 is 29.6 Å². The Balaban J connectivity index is 2.40. The quantitative estimate of drug-likeness (QED) is 0.471. The van der Waals surface area contributed by atoms with Gasteiger partial charge in [-0.15, -0.1) is 0 Å². The molecule has 2 rings (SSSR count). The van der Waals surface area contributed by atoms with Gasteiger partial charge in [-0.2, -0.15) is 0 Å². The van der Waals surface area contributed by atoms with Crippen molar-refractivity contribution in [1.29, 1.82) is 0 Å². The van der Waals surface area contributed by atoms with Crippen molar-refractivity contribution in [3.63, 3.8) is 0 Å². The number of esters is 2. The van der Waals surface area contributed by atoms with E-state index in [1.54, 1.807) is 62.5 Å². The van der Waals surface area contributed by atoms with Crippen LogP contribution in [0.1, 0.15) is 31.0 Å². The summed E-state index contributed by atoms with van der Waals surface area (Å²) < 4.78 is 9.89. The van der Waals surface area contributed by atoms with Crippen LogP contribution in [0.15, 0.2) is 48.7 Å². The third-order valence-electron chi connectivity index (χ3n) is 4.07. The van der Waals surface area contributed by atoms with Gasteiger partial charge in [0.2, 0.25) is 5.92 Å². The van der Waals surface area contributed by atoms with Crippen LogP contribution >= 0.6 is 11.6 Å². The first-order valence-electron chi connectivity index (χ1n) is 9.00. The minimum atomic E-state index is -1.65. The SMILES string of the molecule is CCOC(=O)C(C(=O)OCC)C(=O)C(Cc1ccc(Cl)cc1)c1ccccn1. The Labute approximate surface area is 168 Å². The van der Waals surface area contributed by atoms with E-state index in [0.29, 0.717) is 10.7 Å². The lowest BCUT2D eigenvalue weighted by atomic mass is 9.85. The summed E-state index contributed by atoms with van der Waals surface area (Å²) in [6, 6.07) is 12.2. The maximum Gasteiger partial charge on any atom is 0.328 e. The Kier molecular flexibility index (Phi) is 8.14. The molecule has 0 spiro atoms. The summed E-state index contributed by atoms with van der Waals surface area (Å²) in [6.07, 6.45) is 1.81. The predicted octanol–water partition coefficient (Wildman–Crippen LogP) is 3.37. The van der Waals surface area contributed by atoms with E-state index in [1.807, 2.05) is 0 Å². The van der Waals surface area contributed by atoms with Crippen molar-refractivity contribution in [3.05, 3.63) is 64.9 Å². The largest absolute Gasteiger partial charge is 0.465 e. The lowest BCUT2D eigenvalue weighted by Gasteiger charge is -2.20. The monoisotopic (exact) mass is 403 g/mol. The van der Waals surface area contributed by atoms with Crippen molar-refractivity contribution < 1.29 is 23.9 Å². The first-order valence-corrected chi connectivity index (χ1v) is 9.38. The summed E-state index contributed by atoms with van der Waals surface area (Å²) in [5, 5.41) is 0.570. The van der Waals surface area contributed by atoms with Crippen LogP contribution in [0, 0.1) is 5.92 Å². The van der Waals surface area contributed by atoms with E-state index in [0.717, 1.165) is 5.56 Å². The second-order valence-electron chi connectivity index (χ2n) is 5.98. The molecule has 28 heavy (non-hydrogen) atoms. The van der Waals surface area contributed by atoms with Crippen LogP contribution in [-0.2, 0) is 30.3 Å². The fourth-order valence-corrected chi connectivity index (χ4v) is 2.90. The summed E-state index contributed by atoms with van der Waals surface area (Å²) in [5.74, 6) is -4.91. The molecule has 0 radical (unpaired) electrons. The van der Waals surface area contributed by atoms with Crippen LogP contribution in [-0.4, -0.2) is 35.9 Å². The molecule has 0 amide bonds. The highest BCUT2D eigenvalue weighted by Gasteiger charge is 2.41. The van der Waals surface area contributed by atoms with E-state index in [2.05, 4.69) is 4.98 Å². The van der Waals surface area contributed by atoms with Crippen molar-refractivity contribution in [2.45, 2.75) is 26.2 Å². The van der Waals surface area contributed by atoms with E-state index in [9.17, 15) is 14.4 Å². The number of aromatic nitrogens is 1. The molecule has 6 nitrogen and oxygen atoms in total. The van der Waals surface area contributed by atoms with Gasteiger partial charge in [0.05, 0.1) is 24.8 Å². The second kappa shape index (κ2) is 10.6. The maximum absolute atomic E-state index is 13.3. The lowest BCUT2D eigenvalue weighted by Crippen LogP contribution is -2.38. The van der Waals surface area contributed by atoms with Crippen LogP contribution in [0.25, 0.3) is 0 Å². The molecular formula is C21H22ClNO5. The second-order valence-corrected chi connectivity index (χ2v) is 6.41. The summed E-state index contributed by atoms with van der Waals surface area (Å²) in [7, 11) is 0. The van der Waals surface area contributed by atoms with Gasteiger partial charge in [-0.25, -0.2) is 0 Å². The molecule has 0 aliphatic heterocycles. The van der Waals surface area contributed by atoms with Gasteiger partial charge in [0.25, 0.3) is 0 Å². The zero-order valence-corrected chi connectivity index (χ0v) is 16.5. The number of nitrogens with zero attached hydrogens (tertiary/aromatic N) is 1. The van der Waals surface area contributed by atoms with Gasteiger partial charge in [0.1, 0.15) is 0 Å². The van der Waals surface area contributed by atoms with Gasteiger partial charge in [-0.05, 0) is 50.1 Å². The number of ketones is 1. The molecule has 0 aliphatic carbocycles. The summed E-state index contributed by atoms with van der Waals surface area (Å²) in [5.41, 5.74) is 1.28. The molecule has 0 saturated heterocycles. The zero-order chi connectivity index (χ0) is 20.5. The Morgan fingerprint density at radius 1 is 0.964 bits per heavy atom. The summed E-state index contributed by atoms with van der Waals surface area (Å²) >= 11 is 5.93. The minimum Gasteiger partial charge on any atom is -0.465 e. The Bertz CT molecular complexity index is 789. The van der Waals surface area contributed by atoms with Crippen LogP contribution in [0.4, 0.5) is 0 Å². The van der Waals surface area contributed by atoms with Gasteiger partial charge in [0.15, 0.2) is 5.78 Å². The van der Waals surface area contributed by atoms with E-state index in [4.69, 9.17) is 21.1 Å². The van der Waals surface area contributed by atoms with Crippen LogP contribution in [0.5, 0.6) is 0 Å².